The number of benzene rings is 2. The van der Waals surface area contributed by atoms with E-state index in [0.29, 0.717) is 0 Å². The molecule has 0 radical (unpaired) electrons. The molecule has 2 saturated heterocycles. The number of methoxy groups -OCH3 is 1. The van der Waals surface area contributed by atoms with E-state index in [9.17, 15) is 34.6 Å². The minimum absolute atomic E-state index is 0.00928. The van der Waals surface area contributed by atoms with E-state index in [0.717, 1.165) is 17.0 Å². The van der Waals surface area contributed by atoms with Crippen molar-refractivity contribution in [3.05, 3.63) is 80.4 Å². The molecule has 182 valence electrons. The summed E-state index contributed by atoms with van der Waals surface area (Å²) >= 11 is 0. The van der Waals surface area contributed by atoms with Gasteiger partial charge in [0.05, 0.1) is 34.8 Å². The maximum Gasteiger partial charge on any atom is 0.271 e. The molecule has 0 saturated carbocycles. The van der Waals surface area contributed by atoms with Gasteiger partial charge in [-0.1, -0.05) is 18.2 Å². The van der Waals surface area contributed by atoms with E-state index in [2.05, 4.69) is 5.10 Å². The van der Waals surface area contributed by atoms with Crippen molar-refractivity contribution in [1.29, 1.82) is 0 Å². The van der Waals surface area contributed by atoms with Gasteiger partial charge in [-0.3, -0.25) is 39.6 Å². The number of Topliss-reactive ketones (excluding diaryl/α,β-unsaturated/α-hetero) is 1. The summed E-state index contributed by atoms with van der Waals surface area (Å²) in [5, 5.41) is 28.2. The molecule has 0 N–H and O–H groups in total. The van der Waals surface area contributed by atoms with Crippen molar-refractivity contribution in [2.24, 2.45) is 16.9 Å². The van der Waals surface area contributed by atoms with Gasteiger partial charge in [-0.05, 0) is 12.1 Å². The third-order valence-corrected chi connectivity index (χ3v) is 6.52. The number of nitro groups is 2. The normalized spacial score (nSPS) is 24.0. The van der Waals surface area contributed by atoms with Gasteiger partial charge in [-0.15, -0.1) is 0 Å². The zero-order valence-corrected chi connectivity index (χ0v) is 18.6. The van der Waals surface area contributed by atoms with E-state index >= 15 is 0 Å². The van der Waals surface area contributed by atoms with Crippen LogP contribution >= 0.6 is 0 Å². The predicted octanol–water partition coefficient (Wildman–Crippen LogP) is 2.11. The van der Waals surface area contributed by atoms with Crippen molar-refractivity contribution in [3.8, 4) is 5.75 Å². The van der Waals surface area contributed by atoms with E-state index in [1.54, 1.807) is 12.2 Å². The molecule has 13 heteroatoms. The number of fused-ring (bicyclic) bond motifs is 3. The highest BCUT2D eigenvalue weighted by atomic mass is 16.6. The van der Waals surface area contributed by atoms with Crippen molar-refractivity contribution >= 4 is 40.9 Å². The molecule has 4 atom stereocenters. The molecular weight excluding hydrogens is 474 g/mol. The zero-order valence-electron chi connectivity index (χ0n) is 18.6. The standard InChI is InChI=1S/C23H17N5O8/c1-36-17-8-7-14(28(34)35)11-16(17)25-22(30)18-15-6-3-9-24-26(15)20(19(18)23(25)31)21(29)12-4-2-5-13(10-12)27(32)33/h2-11,15,18-20H,1H3/t15-,18+,19+,20-/m1/s1. The number of hydrazone groups is 1. The third kappa shape index (κ3) is 3.32. The highest BCUT2D eigenvalue weighted by Crippen LogP contribution is 2.48. The van der Waals surface area contributed by atoms with Crippen molar-refractivity contribution in [3.63, 3.8) is 0 Å². The maximum absolute atomic E-state index is 13.7. The van der Waals surface area contributed by atoms with Gasteiger partial charge in [0.2, 0.25) is 11.8 Å². The van der Waals surface area contributed by atoms with Crippen molar-refractivity contribution in [1.82, 2.24) is 5.01 Å². The van der Waals surface area contributed by atoms with Crippen LogP contribution in [0.25, 0.3) is 0 Å². The number of carbonyl (C=O) groups is 3. The van der Waals surface area contributed by atoms with Gasteiger partial charge < -0.3 is 4.74 Å². The third-order valence-electron chi connectivity index (χ3n) is 6.52. The Hall–Kier alpha value is -4.94. The predicted molar refractivity (Wildman–Crippen MR) is 124 cm³/mol. The summed E-state index contributed by atoms with van der Waals surface area (Å²) in [6, 6.07) is 6.66. The molecule has 2 aromatic carbocycles. The Morgan fingerprint density at radius 3 is 2.39 bits per heavy atom. The SMILES string of the molecule is COc1ccc([N+](=O)[O-])cc1N1C(=O)[C@@H]2[C@H](C1=O)[C@H](C(=O)c1cccc([N+](=O)[O-])c1)N1N=CC=C[C@H]21. The molecular formula is C23H17N5O8. The summed E-state index contributed by atoms with van der Waals surface area (Å²) in [4.78, 5) is 63.0. The second kappa shape index (κ2) is 8.37. The Morgan fingerprint density at radius 1 is 1.00 bits per heavy atom. The van der Waals surface area contributed by atoms with Gasteiger partial charge in [-0.2, -0.15) is 5.10 Å². The number of non-ortho nitro benzene ring substituents is 2. The van der Waals surface area contributed by atoms with Crippen LogP contribution in [0, 0.1) is 32.1 Å². The number of allylic oxidation sites excluding steroid dienone is 1. The summed E-state index contributed by atoms with van der Waals surface area (Å²) in [6.45, 7) is 0. The largest absolute Gasteiger partial charge is 0.495 e. The number of nitrogens with zero attached hydrogens (tertiary/aromatic N) is 5. The van der Waals surface area contributed by atoms with E-state index < -0.39 is 51.4 Å². The first-order valence-corrected chi connectivity index (χ1v) is 10.7. The molecule has 2 aromatic rings. The second-order valence-corrected chi connectivity index (χ2v) is 8.31. The van der Waals surface area contributed by atoms with Crippen LogP contribution in [0.5, 0.6) is 5.75 Å². The summed E-state index contributed by atoms with van der Waals surface area (Å²) < 4.78 is 5.25. The van der Waals surface area contributed by atoms with Crippen LogP contribution in [0.15, 0.2) is 59.7 Å². The molecule has 0 spiro atoms. The highest BCUT2D eigenvalue weighted by molar-refractivity contribution is 6.25. The minimum Gasteiger partial charge on any atom is -0.495 e. The van der Waals surface area contributed by atoms with Crippen LogP contribution in [0.3, 0.4) is 0 Å². The Balaban J connectivity index is 1.60. The van der Waals surface area contributed by atoms with E-state index in [4.69, 9.17) is 4.74 Å². The molecule has 2 fully saturated rings. The number of hydrogen-bond acceptors (Lipinski definition) is 10. The van der Waals surface area contributed by atoms with Crippen molar-refractivity contribution in [2.45, 2.75) is 12.1 Å². The zero-order chi connectivity index (χ0) is 25.7. The Morgan fingerprint density at radius 2 is 1.69 bits per heavy atom. The number of hydrogen-bond donors (Lipinski definition) is 0. The van der Waals surface area contributed by atoms with E-state index in [1.807, 2.05) is 0 Å². The summed E-state index contributed by atoms with van der Waals surface area (Å²) in [5.74, 6) is -4.14. The number of ether oxygens (including phenoxy) is 1. The number of amides is 2. The monoisotopic (exact) mass is 491 g/mol. The number of imide groups is 1. The molecule has 5 rings (SSSR count). The molecule has 3 aliphatic heterocycles. The average molecular weight is 491 g/mol. The molecule has 3 aliphatic rings. The molecule has 2 amide bonds. The van der Waals surface area contributed by atoms with Crippen LogP contribution < -0.4 is 9.64 Å². The van der Waals surface area contributed by atoms with Crippen LogP contribution in [-0.4, -0.2) is 57.9 Å². The quantitative estimate of drug-likeness (QED) is 0.254. The summed E-state index contributed by atoms with van der Waals surface area (Å²) in [6.07, 6.45) is 4.65. The molecule has 3 heterocycles. The number of anilines is 1. The van der Waals surface area contributed by atoms with Gasteiger partial charge >= 0.3 is 0 Å². The first-order valence-electron chi connectivity index (χ1n) is 10.7. The van der Waals surface area contributed by atoms with E-state index in [1.165, 1.54) is 48.7 Å². The fourth-order valence-corrected chi connectivity index (χ4v) is 4.98. The molecule has 0 unspecified atom stereocenters. The number of rotatable bonds is 6. The molecule has 0 aliphatic carbocycles. The molecule has 36 heavy (non-hydrogen) atoms. The van der Waals surface area contributed by atoms with Crippen LogP contribution in [0.2, 0.25) is 0 Å². The van der Waals surface area contributed by atoms with Crippen LogP contribution in [0.4, 0.5) is 17.1 Å². The van der Waals surface area contributed by atoms with E-state index in [-0.39, 0.29) is 28.4 Å². The fraction of sp³-hybridized carbons (Fsp3) is 0.217. The topological polar surface area (TPSA) is 166 Å². The lowest BCUT2D eigenvalue weighted by Gasteiger charge is -2.30. The highest BCUT2D eigenvalue weighted by Gasteiger charge is 2.64. The van der Waals surface area contributed by atoms with Crippen LogP contribution in [0.1, 0.15) is 10.4 Å². The Kier molecular flexibility index (Phi) is 5.31. The van der Waals surface area contributed by atoms with Gasteiger partial charge in [-0.25, -0.2) is 4.90 Å². The maximum atomic E-state index is 13.7. The van der Waals surface area contributed by atoms with Gasteiger partial charge in [0.15, 0.2) is 5.78 Å². The lowest BCUT2D eigenvalue weighted by Crippen LogP contribution is -2.46. The van der Waals surface area contributed by atoms with Crippen molar-refractivity contribution < 1.29 is 29.0 Å². The first-order chi connectivity index (χ1) is 17.2. The molecule has 13 nitrogen and oxygen atoms in total. The Labute approximate surface area is 202 Å². The van der Waals surface area contributed by atoms with Crippen molar-refractivity contribution in [2.75, 3.05) is 12.0 Å². The molecule has 0 bridgehead atoms. The lowest BCUT2D eigenvalue weighted by atomic mass is 9.86. The van der Waals surface area contributed by atoms with Crippen LogP contribution in [-0.2, 0) is 9.59 Å². The Bertz CT molecular complexity index is 1400. The second-order valence-electron chi connectivity index (χ2n) is 8.31. The number of carbonyl (C=O) groups excluding carboxylic acids is 3. The summed E-state index contributed by atoms with van der Waals surface area (Å²) in [5.41, 5.74) is -0.764. The van der Waals surface area contributed by atoms with Gasteiger partial charge in [0.25, 0.3) is 11.4 Å². The van der Waals surface area contributed by atoms with Gasteiger partial charge in [0, 0.05) is 36.0 Å². The van der Waals surface area contributed by atoms with Gasteiger partial charge in [0.1, 0.15) is 17.5 Å². The minimum atomic E-state index is -1.23. The first kappa shape index (κ1) is 22.8. The lowest BCUT2D eigenvalue weighted by molar-refractivity contribution is -0.385. The number of ketones is 1. The summed E-state index contributed by atoms with van der Waals surface area (Å²) in [7, 11) is 1.30. The average Bonchev–Trinajstić information content (AvgIpc) is 3.35. The molecule has 0 aromatic heterocycles. The number of nitro benzene ring substituents is 2. The fourth-order valence-electron chi connectivity index (χ4n) is 4.98. The smallest absolute Gasteiger partial charge is 0.271 e.